The highest BCUT2D eigenvalue weighted by Crippen LogP contribution is 2.26. The van der Waals surface area contributed by atoms with Gasteiger partial charge in [-0.15, -0.1) is 0 Å². The summed E-state index contributed by atoms with van der Waals surface area (Å²) >= 11 is 0.883. The van der Waals surface area contributed by atoms with E-state index in [1.807, 2.05) is 13.0 Å². The summed E-state index contributed by atoms with van der Waals surface area (Å²) in [7, 11) is -3.82. The summed E-state index contributed by atoms with van der Waals surface area (Å²) in [5, 5.41) is 5.97. The van der Waals surface area contributed by atoms with E-state index in [2.05, 4.69) is 35.2 Å². The first-order valence-electron chi connectivity index (χ1n) is 10.5. The summed E-state index contributed by atoms with van der Waals surface area (Å²) in [6.45, 7) is 5.20. The van der Waals surface area contributed by atoms with Crippen molar-refractivity contribution in [2.45, 2.75) is 37.3 Å². The molecule has 1 fully saturated rings. The largest absolute Gasteiger partial charge is 0.341 e. The maximum Gasteiger partial charge on any atom is 0.273 e. The number of amides is 1. The number of sulfonamides is 1. The Bertz CT molecular complexity index is 1240. The number of benzene rings is 1. The average molecular weight is 488 g/mol. The van der Waals surface area contributed by atoms with Gasteiger partial charge in [0, 0.05) is 43.1 Å². The van der Waals surface area contributed by atoms with Crippen molar-refractivity contribution in [3.8, 4) is 0 Å². The van der Waals surface area contributed by atoms with Crippen molar-refractivity contribution in [1.29, 1.82) is 0 Å². The molecule has 1 aliphatic rings. The molecule has 3 N–H and O–H groups in total. The summed E-state index contributed by atoms with van der Waals surface area (Å²) in [4.78, 5) is 26.5. The molecule has 0 bridgehead atoms. The second kappa shape index (κ2) is 9.71. The number of rotatable bonds is 7. The Kier molecular flexibility index (Phi) is 6.75. The number of hydrogen-bond acceptors (Lipinski definition) is 9. The predicted molar refractivity (Wildman–Crippen MR) is 130 cm³/mol. The van der Waals surface area contributed by atoms with E-state index in [0.717, 1.165) is 54.6 Å². The van der Waals surface area contributed by atoms with Crippen molar-refractivity contribution >= 4 is 55.5 Å². The summed E-state index contributed by atoms with van der Waals surface area (Å²) < 4.78 is 27.8. The molecule has 0 saturated carbocycles. The second-order valence-electron chi connectivity index (χ2n) is 7.72. The van der Waals surface area contributed by atoms with Gasteiger partial charge in [0.15, 0.2) is 9.34 Å². The molecule has 3 heterocycles. The lowest BCUT2D eigenvalue weighted by Gasteiger charge is -2.27. The molecule has 0 unspecified atom stereocenters. The first-order chi connectivity index (χ1) is 15.8. The zero-order valence-corrected chi connectivity index (χ0v) is 20.0. The predicted octanol–water partition coefficient (Wildman–Crippen LogP) is 3.73. The summed E-state index contributed by atoms with van der Waals surface area (Å²) in [6.07, 6.45) is 4.75. The molecule has 12 heteroatoms. The fourth-order valence-electron chi connectivity index (χ4n) is 3.42. The Morgan fingerprint density at radius 3 is 2.45 bits per heavy atom. The number of carbonyl (C=O) groups is 1. The van der Waals surface area contributed by atoms with Crippen molar-refractivity contribution in [2.24, 2.45) is 0 Å². The standard InChI is InChI=1S/C21H25N7O3S2/c1-14-12-18(26-20(23-14)28-10-4-3-5-11-28)25-16-6-8-17(9-7-16)27-33(30,31)19-13-22-21(32-19)24-15(2)29/h6-9,12-13,27H,3-5,10-11H2,1-2H3,(H,22,24,29)(H,23,25,26). The number of piperidine rings is 1. The third-order valence-electron chi connectivity index (χ3n) is 4.92. The summed E-state index contributed by atoms with van der Waals surface area (Å²) in [5.74, 6) is 1.10. The Balaban J connectivity index is 1.44. The molecular weight excluding hydrogens is 462 g/mol. The molecule has 3 aromatic rings. The quantitative estimate of drug-likeness (QED) is 0.460. The van der Waals surface area contributed by atoms with Crippen LogP contribution in [0.4, 0.5) is 28.3 Å². The second-order valence-corrected chi connectivity index (χ2v) is 10.7. The van der Waals surface area contributed by atoms with Crippen LogP contribution in [0.15, 0.2) is 40.7 Å². The Morgan fingerprint density at radius 2 is 1.76 bits per heavy atom. The molecule has 1 amide bonds. The SMILES string of the molecule is CC(=O)Nc1ncc(S(=O)(=O)Nc2ccc(Nc3cc(C)nc(N4CCCCC4)n3)cc2)s1. The minimum absolute atomic E-state index is 0.00940. The van der Waals surface area contributed by atoms with Gasteiger partial charge in [0.2, 0.25) is 11.9 Å². The molecular formula is C21H25N7O3S2. The zero-order valence-electron chi connectivity index (χ0n) is 18.3. The molecule has 0 radical (unpaired) electrons. The van der Waals surface area contributed by atoms with Crippen LogP contribution >= 0.6 is 11.3 Å². The van der Waals surface area contributed by atoms with E-state index in [9.17, 15) is 13.2 Å². The Morgan fingerprint density at radius 1 is 1.06 bits per heavy atom. The van der Waals surface area contributed by atoms with E-state index < -0.39 is 10.0 Å². The number of anilines is 5. The van der Waals surface area contributed by atoms with Crippen LogP contribution in [0.5, 0.6) is 0 Å². The van der Waals surface area contributed by atoms with Gasteiger partial charge in [0.25, 0.3) is 10.0 Å². The smallest absolute Gasteiger partial charge is 0.273 e. The fraction of sp³-hybridized carbons (Fsp3) is 0.333. The molecule has 1 saturated heterocycles. The highest BCUT2D eigenvalue weighted by molar-refractivity contribution is 7.94. The van der Waals surface area contributed by atoms with Gasteiger partial charge in [-0.3, -0.25) is 9.52 Å². The van der Waals surface area contributed by atoms with E-state index >= 15 is 0 Å². The van der Waals surface area contributed by atoms with Crippen LogP contribution in [-0.4, -0.2) is 42.4 Å². The van der Waals surface area contributed by atoms with E-state index in [4.69, 9.17) is 0 Å². The maximum atomic E-state index is 12.6. The summed E-state index contributed by atoms with van der Waals surface area (Å²) in [6, 6.07) is 8.74. The number of aromatic nitrogens is 3. The number of thiazole rings is 1. The number of nitrogens with one attached hydrogen (secondary N) is 3. The average Bonchev–Trinajstić information content (AvgIpc) is 3.24. The van der Waals surface area contributed by atoms with Crippen LogP contribution in [0.1, 0.15) is 31.9 Å². The van der Waals surface area contributed by atoms with E-state index in [1.165, 1.54) is 19.5 Å². The molecule has 0 aliphatic carbocycles. The van der Waals surface area contributed by atoms with E-state index in [0.29, 0.717) is 11.5 Å². The van der Waals surface area contributed by atoms with E-state index in [1.54, 1.807) is 24.3 Å². The van der Waals surface area contributed by atoms with Crippen LogP contribution in [0.2, 0.25) is 0 Å². The number of hydrogen-bond donors (Lipinski definition) is 3. The van der Waals surface area contributed by atoms with Gasteiger partial charge in [-0.1, -0.05) is 11.3 Å². The molecule has 0 atom stereocenters. The lowest BCUT2D eigenvalue weighted by molar-refractivity contribution is -0.114. The highest BCUT2D eigenvalue weighted by Gasteiger charge is 2.19. The van der Waals surface area contributed by atoms with Gasteiger partial charge in [0.05, 0.1) is 6.20 Å². The van der Waals surface area contributed by atoms with Crippen molar-refractivity contribution in [3.63, 3.8) is 0 Å². The molecule has 0 spiro atoms. The monoisotopic (exact) mass is 487 g/mol. The van der Waals surface area contributed by atoms with Gasteiger partial charge < -0.3 is 15.5 Å². The Labute approximate surface area is 196 Å². The Hall–Kier alpha value is -3.25. The molecule has 174 valence electrons. The third-order valence-corrected chi connectivity index (χ3v) is 7.68. The van der Waals surface area contributed by atoms with Gasteiger partial charge in [-0.05, 0) is 50.5 Å². The summed E-state index contributed by atoms with van der Waals surface area (Å²) in [5.41, 5.74) is 2.05. The highest BCUT2D eigenvalue weighted by atomic mass is 32.2. The van der Waals surface area contributed by atoms with Crippen molar-refractivity contribution in [1.82, 2.24) is 15.0 Å². The molecule has 1 aliphatic heterocycles. The van der Waals surface area contributed by atoms with Crippen LogP contribution in [0.3, 0.4) is 0 Å². The lowest BCUT2D eigenvalue weighted by Crippen LogP contribution is -2.31. The van der Waals surface area contributed by atoms with Gasteiger partial charge in [-0.2, -0.15) is 4.98 Å². The molecule has 2 aromatic heterocycles. The fourth-order valence-corrected chi connectivity index (χ4v) is 5.55. The van der Waals surface area contributed by atoms with Crippen LogP contribution in [0.25, 0.3) is 0 Å². The van der Waals surface area contributed by atoms with Crippen LogP contribution < -0.4 is 20.3 Å². The van der Waals surface area contributed by atoms with Crippen LogP contribution in [-0.2, 0) is 14.8 Å². The number of nitrogens with zero attached hydrogens (tertiary/aromatic N) is 4. The minimum Gasteiger partial charge on any atom is -0.341 e. The number of aryl methyl sites for hydroxylation is 1. The topological polar surface area (TPSA) is 129 Å². The molecule has 33 heavy (non-hydrogen) atoms. The molecule has 10 nitrogen and oxygen atoms in total. The third kappa shape index (κ3) is 5.96. The zero-order chi connectivity index (χ0) is 23.4. The first-order valence-corrected chi connectivity index (χ1v) is 12.8. The number of carbonyl (C=O) groups excluding carboxylic acids is 1. The van der Waals surface area contributed by atoms with Crippen molar-refractivity contribution < 1.29 is 13.2 Å². The van der Waals surface area contributed by atoms with Crippen molar-refractivity contribution in [3.05, 3.63) is 42.2 Å². The van der Waals surface area contributed by atoms with Gasteiger partial charge >= 0.3 is 0 Å². The van der Waals surface area contributed by atoms with Crippen molar-refractivity contribution in [2.75, 3.05) is 33.3 Å². The van der Waals surface area contributed by atoms with E-state index in [-0.39, 0.29) is 15.2 Å². The molecule has 4 rings (SSSR count). The molecule has 1 aromatic carbocycles. The van der Waals surface area contributed by atoms with Gasteiger partial charge in [-0.25, -0.2) is 18.4 Å². The minimum atomic E-state index is -3.82. The lowest BCUT2D eigenvalue weighted by atomic mass is 10.1. The van der Waals surface area contributed by atoms with Crippen LogP contribution in [0, 0.1) is 6.92 Å². The maximum absolute atomic E-state index is 12.6. The van der Waals surface area contributed by atoms with Gasteiger partial charge in [0.1, 0.15) is 5.82 Å². The normalized spacial score (nSPS) is 14.1. The first kappa shape index (κ1) is 22.9.